The molecule has 0 radical (unpaired) electrons. The number of aromatic nitrogens is 1. The smallest absolute Gasteiger partial charge is 0.295 e. The van der Waals surface area contributed by atoms with E-state index in [0.717, 1.165) is 24.5 Å². The largest absolute Gasteiger partial charge is 0.354 e. The number of amides is 1. The van der Waals surface area contributed by atoms with Gasteiger partial charge in [-0.2, -0.15) is 0 Å². The molecule has 1 aliphatic heterocycles. The molecule has 8 nitrogen and oxygen atoms in total. The topological polar surface area (TPSA) is 91.6 Å². The Bertz CT molecular complexity index is 833. The summed E-state index contributed by atoms with van der Waals surface area (Å²) in [6.45, 7) is 7.19. The standard InChI is InChI=1S/C20H25N5O3/c1-15(2)21-19(26)14-23-10-12-24(13-11-23)18-9-8-17(25(27)28)20(22-18)16-6-4-3-5-7-16/h3-9,15H,10-14H2,1-2H3,(H,21,26). The number of carbonyl (C=O) groups is 1. The van der Waals surface area contributed by atoms with Crippen molar-refractivity contribution in [2.45, 2.75) is 19.9 Å². The fourth-order valence-electron chi connectivity index (χ4n) is 3.28. The minimum absolute atomic E-state index is 0.000979. The van der Waals surface area contributed by atoms with Gasteiger partial charge in [-0.15, -0.1) is 0 Å². The molecule has 0 atom stereocenters. The number of hydrogen-bond acceptors (Lipinski definition) is 6. The Balaban J connectivity index is 1.71. The third-order valence-corrected chi connectivity index (χ3v) is 4.62. The molecule has 1 fully saturated rings. The maximum absolute atomic E-state index is 11.9. The van der Waals surface area contributed by atoms with Gasteiger partial charge in [-0.3, -0.25) is 19.8 Å². The zero-order valence-electron chi connectivity index (χ0n) is 16.2. The number of benzene rings is 1. The van der Waals surface area contributed by atoms with E-state index in [1.165, 1.54) is 6.07 Å². The molecule has 0 unspecified atom stereocenters. The van der Waals surface area contributed by atoms with Crippen molar-refractivity contribution in [2.75, 3.05) is 37.6 Å². The zero-order valence-corrected chi connectivity index (χ0v) is 16.2. The second kappa shape index (κ2) is 8.79. The van der Waals surface area contributed by atoms with E-state index >= 15 is 0 Å². The van der Waals surface area contributed by atoms with E-state index in [-0.39, 0.29) is 17.6 Å². The number of hydrogen-bond donors (Lipinski definition) is 1. The van der Waals surface area contributed by atoms with Crippen LogP contribution in [0.5, 0.6) is 0 Å². The van der Waals surface area contributed by atoms with Crippen molar-refractivity contribution in [3.8, 4) is 11.3 Å². The van der Waals surface area contributed by atoms with Gasteiger partial charge in [0.2, 0.25) is 5.91 Å². The fourth-order valence-corrected chi connectivity index (χ4v) is 3.28. The molecule has 0 spiro atoms. The summed E-state index contributed by atoms with van der Waals surface area (Å²) in [5.74, 6) is 0.749. The minimum Gasteiger partial charge on any atom is -0.354 e. The predicted octanol–water partition coefficient (Wildman–Crippen LogP) is 2.30. The minimum atomic E-state index is -0.398. The molecule has 1 saturated heterocycles. The third kappa shape index (κ3) is 4.83. The Kier molecular flexibility index (Phi) is 6.20. The molecule has 0 bridgehead atoms. The molecular weight excluding hydrogens is 358 g/mol. The van der Waals surface area contributed by atoms with Gasteiger partial charge in [0.25, 0.3) is 5.69 Å². The monoisotopic (exact) mass is 383 g/mol. The lowest BCUT2D eigenvalue weighted by Crippen LogP contribution is -2.50. The van der Waals surface area contributed by atoms with Gasteiger partial charge in [-0.1, -0.05) is 30.3 Å². The van der Waals surface area contributed by atoms with Crippen LogP contribution < -0.4 is 10.2 Å². The summed E-state index contributed by atoms with van der Waals surface area (Å²) in [5.41, 5.74) is 1.10. The maximum Gasteiger partial charge on any atom is 0.295 e. The molecule has 0 aliphatic carbocycles. The molecule has 0 saturated carbocycles. The first kappa shape index (κ1) is 19.8. The van der Waals surface area contributed by atoms with Gasteiger partial charge < -0.3 is 10.2 Å². The fraction of sp³-hybridized carbons (Fsp3) is 0.400. The van der Waals surface area contributed by atoms with Gasteiger partial charge in [0.05, 0.1) is 11.5 Å². The summed E-state index contributed by atoms with van der Waals surface area (Å²) in [4.78, 5) is 31.8. The van der Waals surface area contributed by atoms with Crippen LogP contribution in [-0.4, -0.2) is 59.5 Å². The molecule has 8 heteroatoms. The molecular formula is C20H25N5O3. The van der Waals surface area contributed by atoms with Crippen molar-refractivity contribution >= 4 is 17.4 Å². The van der Waals surface area contributed by atoms with Crippen molar-refractivity contribution in [1.82, 2.24) is 15.2 Å². The zero-order chi connectivity index (χ0) is 20.1. The maximum atomic E-state index is 11.9. The van der Waals surface area contributed by atoms with E-state index in [2.05, 4.69) is 20.1 Å². The molecule has 1 aliphatic rings. The average Bonchev–Trinajstić information content (AvgIpc) is 2.68. The van der Waals surface area contributed by atoms with Crippen LogP contribution in [0, 0.1) is 10.1 Å². The molecule has 1 N–H and O–H groups in total. The molecule has 148 valence electrons. The number of carbonyl (C=O) groups excluding carboxylic acids is 1. The van der Waals surface area contributed by atoms with Gasteiger partial charge in [-0.25, -0.2) is 4.98 Å². The molecule has 1 aromatic heterocycles. The molecule has 1 amide bonds. The lowest BCUT2D eigenvalue weighted by atomic mass is 10.1. The summed E-state index contributed by atoms with van der Waals surface area (Å²) in [7, 11) is 0. The van der Waals surface area contributed by atoms with Crippen LogP contribution in [0.2, 0.25) is 0 Å². The number of anilines is 1. The molecule has 2 heterocycles. The van der Waals surface area contributed by atoms with E-state index in [1.54, 1.807) is 6.07 Å². The Hall–Kier alpha value is -3.00. The number of pyridine rings is 1. The van der Waals surface area contributed by atoms with E-state index in [0.29, 0.717) is 25.3 Å². The lowest BCUT2D eigenvalue weighted by molar-refractivity contribution is -0.384. The van der Waals surface area contributed by atoms with Crippen LogP contribution in [0.15, 0.2) is 42.5 Å². The molecule has 2 aromatic rings. The highest BCUT2D eigenvalue weighted by molar-refractivity contribution is 5.78. The first-order valence-corrected chi connectivity index (χ1v) is 9.41. The SMILES string of the molecule is CC(C)NC(=O)CN1CCN(c2ccc([N+](=O)[O-])c(-c3ccccc3)n2)CC1. The van der Waals surface area contributed by atoms with Crippen LogP contribution in [0.3, 0.4) is 0 Å². The summed E-state index contributed by atoms with van der Waals surface area (Å²) >= 11 is 0. The van der Waals surface area contributed by atoms with E-state index < -0.39 is 4.92 Å². The van der Waals surface area contributed by atoms with Gasteiger partial charge in [-0.05, 0) is 19.9 Å². The van der Waals surface area contributed by atoms with Gasteiger partial charge in [0.15, 0.2) is 5.69 Å². The summed E-state index contributed by atoms with van der Waals surface area (Å²) in [6, 6.07) is 12.6. The van der Waals surface area contributed by atoms with Crippen LogP contribution in [0.4, 0.5) is 11.5 Å². The second-order valence-electron chi connectivity index (χ2n) is 7.15. The van der Waals surface area contributed by atoms with Gasteiger partial charge in [0, 0.05) is 43.9 Å². The van der Waals surface area contributed by atoms with E-state index in [4.69, 9.17) is 0 Å². The van der Waals surface area contributed by atoms with Crippen LogP contribution >= 0.6 is 0 Å². The molecule has 1 aromatic carbocycles. The predicted molar refractivity (Wildman–Crippen MR) is 108 cm³/mol. The van der Waals surface area contributed by atoms with E-state index in [1.807, 2.05) is 44.2 Å². The van der Waals surface area contributed by atoms with Crippen LogP contribution in [0.25, 0.3) is 11.3 Å². The number of piperazine rings is 1. The summed E-state index contributed by atoms with van der Waals surface area (Å²) in [5, 5.41) is 14.3. The van der Waals surface area contributed by atoms with Crippen LogP contribution in [-0.2, 0) is 4.79 Å². The Morgan fingerprint density at radius 1 is 1.14 bits per heavy atom. The highest BCUT2D eigenvalue weighted by Gasteiger charge is 2.23. The molecule has 3 rings (SSSR count). The highest BCUT2D eigenvalue weighted by atomic mass is 16.6. The first-order chi connectivity index (χ1) is 13.4. The van der Waals surface area contributed by atoms with Crippen molar-refractivity contribution in [3.05, 3.63) is 52.6 Å². The normalized spacial score (nSPS) is 14.9. The average molecular weight is 383 g/mol. The second-order valence-corrected chi connectivity index (χ2v) is 7.15. The van der Waals surface area contributed by atoms with Gasteiger partial charge >= 0.3 is 0 Å². The quantitative estimate of drug-likeness (QED) is 0.608. The van der Waals surface area contributed by atoms with Crippen LogP contribution in [0.1, 0.15) is 13.8 Å². The highest BCUT2D eigenvalue weighted by Crippen LogP contribution is 2.30. The van der Waals surface area contributed by atoms with Crippen molar-refractivity contribution in [2.24, 2.45) is 0 Å². The van der Waals surface area contributed by atoms with Crippen molar-refractivity contribution < 1.29 is 9.72 Å². The first-order valence-electron chi connectivity index (χ1n) is 9.41. The summed E-state index contributed by atoms with van der Waals surface area (Å²) in [6.07, 6.45) is 0. The number of nitro groups is 1. The van der Waals surface area contributed by atoms with Crippen molar-refractivity contribution in [1.29, 1.82) is 0 Å². The van der Waals surface area contributed by atoms with E-state index in [9.17, 15) is 14.9 Å². The summed E-state index contributed by atoms with van der Waals surface area (Å²) < 4.78 is 0. The Labute approximate surface area is 164 Å². The Morgan fingerprint density at radius 3 is 2.43 bits per heavy atom. The third-order valence-electron chi connectivity index (χ3n) is 4.62. The van der Waals surface area contributed by atoms with Crippen molar-refractivity contribution in [3.63, 3.8) is 0 Å². The number of rotatable bonds is 6. The Morgan fingerprint density at radius 2 is 1.82 bits per heavy atom. The van der Waals surface area contributed by atoms with Gasteiger partial charge in [0.1, 0.15) is 5.82 Å². The molecule has 28 heavy (non-hydrogen) atoms. The lowest BCUT2D eigenvalue weighted by Gasteiger charge is -2.35. The number of nitrogens with one attached hydrogen (secondary N) is 1. The number of nitrogens with zero attached hydrogens (tertiary/aromatic N) is 4.